The molecule has 0 rings (SSSR count). The van der Waals surface area contributed by atoms with Gasteiger partial charge in [0.1, 0.15) is 6.61 Å². The molecule has 0 aromatic heterocycles. The number of carbonyl (C=O) groups is 1. The van der Waals surface area contributed by atoms with Gasteiger partial charge in [0.05, 0.1) is 26.4 Å². The van der Waals surface area contributed by atoms with Crippen LogP contribution >= 0.6 is 0 Å². The van der Waals surface area contributed by atoms with Gasteiger partial charge in [-0.25, -0.2) is 4.79 Å². The lowest BCUT2D eigenvalue weighted by Crippen LogP contribution is -2.18. The number of esters is 1. The smallest absolute Gasteiger partial charge is 0.332 e. The minimum atomic E-state index is -0.331. The predicted molar refractivity (Wildman–Crippen MR) is 56.5 cm³/mol. The van der Waals surface area contributed by atoms with Crippen molar-refractivity contribution in [3.8, 4) is 0 Å². The van der Waals surface area contributed by atoms with Crippen molar-refractivity contribution in [1.29, 1.82) is 0 Å². The van der Waals surface area contributed by atoms with E-state index in [-0.39, 0.29) is 12.6 Å². The second-order valence-electron chi connectivity index (χ2n) is 3.53. The van der Waals surface area contributed by atoms with Gasteiger partial charge < -0.3 is 19.9 Å². The molecule has 90 valence electrons. The lowest BCUT2D eigenvalue weighted by molar-refractivity contribution is -0.150. The lowest BCUT2D eigenvalue weighted by Gasteiger charge is -2.07. The van der Waals surface area contributed by atoms with Crippen molar-refractivity contribution < 1.29 is 19.0 Å². The van der Waals surface area contributed by atoms with Crippen molar-refractivity contribution in [2.75, 3.05) is 39.6 Å². The fourth-order valence-electron chi connectivity index (χ4n) is 0.760. The van der Waals surface area contributed by atoms with Crippen molar-refractivity contribution in [2.24, 2.45) is 11.7 Å². The standard InChI is InChI=1S/C10H21NO4/c1-9(2)7-15-10(12)8-14-6-5-13-4-3-11/h9H,3-8,11H2,1-2H3. The van der Waals surface area contributed by atoms with Crippen LogP contribution in [0.4, 0.5) is 0 Å². The molecule has 0 fully saturated rings. The third-order valence-corrected chi connectivity index (χ3v) is 1.43. The maximum Gasteiger partial charge on any atom is 0.332 e. The summed E-state index contributed by atoms with van der Waals surface area (Å²) in [6.07, 6.45) is 0. The number of ether oxygens (including phenoxy) is 3. The molecule has 2 N–H and O–H groups in total. The van der Waals surface area contributed by atoms with Gasteiger partial charge in [-0.1, -0.05) is 13.8 Å². The minimum Gasteiger partial charge on any atom is -0.464 e. The Morgan fingerprint density at radius 2 is 1.87 bits per heavy atom. The molecule has 0 aliphatic carbocycles. The summed E-state index contributed by atoms with van der Waals surface area (Å²) in [6, 6.07) is 0. The highest BCUT2D eigenvalue weighted by Gasteiger charge is 2.03. The Morgan fingerprint density at radius 1 is 1.20 bits per heavy atom. The average molecular weight is 219 g/mol. The summed E-state index contributed by atoms with van der Waals surface area (Å²) in [5, 5.41) is 0. The second kappa shape index (κ2) is 9.89. The van der Waals surface area contributed by atoms with Crippen molar-refractivity contribution in [3.05, 3.63) is 0 Å². The Kier molecular flexibility index (Phi) is 9.46. The summed E-state index contributed by atoms with van der Waals surface area (Å²) in [7, 11) is 0. The van der Waals surface area contributed by atoms with Crippen molar-refractivity contribution >= 4 is 5.97 Å². The van der Waals surface area contributed by atoms with Gasteiger partial charge in [0, 0.05) is 6.54 Å². The zero-order chi connectivity index (χ0) is 11.5. The quantitative estimate of drug-likeness (QED) is 0.442. The summed E-state index contributed by atoms with van der Waals surface area (Å²) in [4.78, 5) is 11.0. The van der Waals surface area contributed by atoms with E-state index in [1.165, 1.54) is 0 Å². The van der Waals surface area contributed by atoms with Crippen LogP contribution in [0.2, 0.25) is 0 Å². The Labute approximate surface area is 90.9 Å². The molecule has 0 saturated heterocycles. The van der Waals surface area contributed by atoms with E-state index in [0.717, 1.165) is 0 Å². The van der Waals surface area contributed by atoms with Gasteiger partial charge in [0.25, 0.3) is 0 Å². The SMILES string of the molecule is CC(C)COC(=O)COCCOCCN. The molecule has 5 heteroatoms. The molecule has 0 spiro atoms. The van der Waals surface area contributed by atoms with Crippen LogP contribution in [0.1, 0.15) is 13.8 Å². The molecule has 0 aliphatic heterocycles. The monoisotopic (exact) mass is 219 g/mol. The third kappa shape index (κ3) is 11.3. The summed E-state index contributed by atoms with van der Waals surface area (Å²) < 4.78 is 15.0. The van der Waals surface area contributed by atoms with Gasteiger partial charge in [-0.05, 0) is 5.92 Å². The predicted octanol–water partition coefficient (Wildman–Crippen LogP) is 0.178. The molecule has 0 radical (unpaired) electrons. The molecule has 0 aromatic rings. The lowest BCUT2D eigenvalue weighted by atomic mass is 10.2. The molecule has 15 heavy (non-hydrogen) atoms. The van der Waals surface area contributed by atoms with E-state index >= 15 is 0 Å². The normalized spacial score (nSPS) is 10.7. The number of hydrogen-bond acceptors (Lipinski definition) is 5. The van der Waals surface area contributed by atoms with E-state index in [4.69, 9.17) is 19.9 Å². The van der Waals surface area contributed by atoms with Gasteiger partial charge in [0.15, 0.2) is 0 Å². The molecule has 0 aliphatic rings. The van der Waals surface area contributed by atoms with Crippen LogP contribution < -0.4 is 5.73 Å². The molecule has 0 aromatic carbocycles. The average Bonchev–Trinajstić information content (AvgIpc) is 2.20. The van der Waals surface area contributed by atoms with Gasteiger partial charge in [-0.3, -0.25) is 0 Å². The summed E-state index contributed by atoms with van der Waals surface area (Å²) in [5.74, 6) is 0.0179. The second-order valence-corrected chi connectivity index (χ2v) is 3.53. The molecule has 0 heterocycles. The maximum atomic E-state index is 11.0. The van der Waals surface area contributed by atoms with E-state index in [9.17, 15) is 4.79 Å². The van der Waals surface area contributed by atoms with Crippen LogP contribution in [0, 0.1) is 5.92 Å². The Balaban J connectivity index is 3.17. The zero-order valence-corrected chi connectivity index (χ0v) is 9.53. The van der Waals surface area contributed by atoms with Crippen LogP contribution in [-0.4, -0.2) is 45.5 Å². The topological polar surface area (TPSA) is 70.8 Å². The van der Waals surface area contributed by atoms with Gasteiger partial charge in [0.2, 0.25) is 0 Å². The highest BCUT2D eigenvalue weighted by atomic mass is 16.6. The van der Waals surface area contributed by atoms with Crippen LogP contribution in [0.15, 0.2) is 0 Å². The number of hydrogen-bond donors (Lipinski definition) is 1. The molecule has 0 unspecified atom stereocenters. The van der Waals surface area contributed by atoms with Crippen molar-refractivity contribution in [3.63, 3.8) is 0 Å². The number of carbonyl (C=O) groups excluding carboxylic acids is 1. The van der Waals surface area contributed by atoms with E-state index in [1.807, 2.05) is 13.8 Å². The van der Waals surface area contributed by atoms with Crippen molar-refractivity contribution in [1.82, 2.24) is 0 Å². The van der Waals surface area contributed by atoms with Gasteiger partial charge in [-0.15, -0.1) is 0 Å². The fourth-order valence-corrected chi connectivity index (χ4v) is 0.760. The molecular weight excluding hydrogens is 198 g/mol. The molecule has 0 atom stereocenters. The van der Waals surface area contributed by atoms with Crippen LogP contribution in [0.25, 0.3) is 0 Å². The first kappa shape index (κ1) is 14.3. The largest absolute Gasteiger partial charge is 0.464 e. The maximum absolute atomic E-state index is 11.0. The molecule has 0 saturated carbocycles. The molecule has 5 nitrogen and oxygen atoms in total. The minimum absolute atomic E-state index is 0.0152. The number of rotatable bonds is 9. The van der Waals surface area contributed by atoms with Crippen LogP contribution in [0.5, 0.6) is 0 Å². The van der Waals surface area contributed by atoms with E-state index in [1.54, 1.807) is 0 Å². The van der Waals surface area contributed by atoms with Crippen LogP contribution in [0.3, 0.4) is 0 Å². The molecule has 0 amide bonds. The van der Waals surface area contributed by atoms with Gasteiger partial charge in [-0.2, -0.15) is 0 Å². The van der Waals surface area contributed by atoms with E-state index in [0.29, 0.717) is 38.9 Å². The molecular formula is C10H21NO4. The Bertz CT molecular complexity index is 162. The first-order valence-corrected chi connectivity index (χ1v) is 5.18. The van der Waals surface area contributed by atoms with Gasteiger partial charge >= 0.3 is 5.97 Å². The zero-order valence-electron chi connectivity index (χ0n) is 9.53. The van der Waals surface area contributed by atoms with E-state index in [2.05, 4.69) is 0 Å². The van der Waals surface area contributed by atoms with E-state index < -0.39 is 0 Å². The Hall–Kier alpha value is -0.650. The summed E-state index contributed by atoms with van der Waals surface area (Å²) in [6.45, 7) is 6.23. The Morgan fingerprint density at radius 3 is 2.47 bits per heavy atom. The highest BCUT2D eigenvalue weighted by Crippen LogP contribution is 1.93. The summed E-state index contributed by atoms with van der Waals surface area (Å²) in [5.41, 5.74) is 5.22. The number of nitrogens with two attached hydrogens (primary N) is 1. The fraction of sp³-hybridized carbons (Fsp3) is 0.900. The first-order chi connectivity index (χ1) is 7.16. The molecule has 0 bridgehead atoms. The van der Waals surface area contributed by atoms with Crippen LogP contribution in [-0.2, 0) is 19.0 Å². The first-order valence-electron chi connectivity index (χ1n) is 5.18. The summed E-state index contributed by atoms with van der Waals surface area (Å²) >= 11 is 0. The van der Waals surface area contributed by atoms with Crippen molar-refractivity contribution in [2.45, 2.75) is 13.8 Å². The highest BCUT2D eigenvalue weighted by molar-refractivity contribution is 5.70. The third-order valence-electron chi connectivity index (χ3n) is 1.43.